The maximum atomic E-state index is 13.0. The third kappa shape index (κ3) is 3.45. The van der Waals surface area contributed by atoms with Gasteiger partial charge in [0.2, 0.25) is 5.91 Å². The quantitative estimate of drug-likeness (QED) is 0.475. The van der Waals surface area contributed by atoms with Crippen LogP contribution in [-0.2, 0) is 17.8 Å². The highest BCUT2D eigenvalue weighted by atomic mass is 32.2. The normalized spacial score (nSPS) is 15.5. The first-order valence-corrected chi connectivity index (χ1v) is 10.1. The topological polar surface area (TPSA) is 63.9 Å². The molecule has 0 N–H and O–H groups in total. The molecule has 1 aromatic carbocycles. The molecule has 28 heavy (non-hydrogen) atoms. The fourth-order valence-corrected chi connectivity index (χ4v) is 4.35. The Hall–Kier alpha value is -2.93. The van der Waals surface area contributed by atoms with Gasteiger partial charge in [0.25, 0.3) is 0 Å². The van der Waals surface area contributed by atoms with Gasteiger partial charge in [0.1, 0.15) is 0 Å². The minimum absolute atomic E-state index is 0.0820. The molecule has 3 aromatic rings. The van der Waals surface area contributed by atoms with E-state index in [9.17, 15) is 4.79 Å². The van der Waals surface area contributed by atoms with E-state index in [-0.39, 0.29) is 11.9 Å². The average Bonchev–Trinajstić information content (AvgIpc) is 3.27. The molecule has 0 aliphatic carbocycles. The van der Waals surface area contributed by atoms with E-state index in [1.54, 1.807) is 18.5 Å². The molecule has 0 bridgehead atoms. The van der Waals surface area contributed by atoms with Crippen LogP contribution >= 0.6 is 11.8 Å². The predicted molar refractivity (Wildman–Crippen MR) is 111 cm³/mol. The fourth-order valence-electron chi connectivity index (χ4n) is 3.54. The summed E-state index contributed by atoms with van der Waals surface area (Å²) in [5.41, 5.74) is 3.13. The lowest BCUT2D eigenvalue weighted by atomic mass is 10.1. The van der Waals surface area contributed by atoms with Crippen molar-refractivity contribution in [3.8, 4) is 11.4 Å². The van der Waals surface area contributed by atoms with Crippen LogP contribution in [0.15, 0.2) is 66.6 Å². The van der Waals surface area contributed by atoms with Gasteiger partial charge in [-0.3, -0.25) is 14.3 Å². The molecule has 6 nitrogen and oxygen atoms in total. The zero-order chi connectivity index (χ0) is 19.5. The number of benzene rings is 1. The minimum Gasteiger partial charge on any atom is -0.308 e. The number of para-hydroxylation sites is 1. The van der Waals surface area contributed by atoms with Crippen molar-refractivity contribution in [1.82, 2.24) is 19.7 Å². The van der Waals surface area contributed by atoms with Crippen molar-refractivity contribution in [2.24, 2.45) is 0 Å². The zero-order valence-electron chi connectivity index (χ0n) is 15.7. The smallest absolute Gasteiger partial charge is 0.237 e. The van der Waals surface area contributed by atoms with Gasteiger partial charge in [-0.05, 0) is 37.1 Å². The Morgan fingerprint density at radius 1 is 1.29 bits per heavy atom. The van der Waals surface area contributed by atoms with E-state index < -0.39 is 0 Å². The summed E-state index contributed by atoms with van der Waals surface area (Å²) in [5, 5.41) is 9.31. The van der Waals surface area contributed by atoms with Gasteiger partial charge in [0.05, 0.1) is 5.75 Å². The number of aromatic nitrogens is 4. The average molecular weight is 392 g/mol. The summed E-state index contributed by atoms with van der Waals surface area (Å²) < 4.78 is 1.96. The van der Waals surface area contributed by atoms with Crippen LogP contribution in [-0.4, -0.2) is 37.5 Å². The summed E-state index contributed by atoms with van der Waals surface area (Å²) in [5.74, 6) is 1.11. The molecule has 7 heteroatoms. The highest BCUT2D eigenvalue weighted by Gasteiger charge is 2.30. The second-order valence-electron chi connectivity index (χ2n) is 6.68. The molecule has 2 aromatic heterocycles. The van der Waals surface area contributed by atoms with Crippen LogP contribution in [0.25, 0.3) is 11.4 Å². The maximum Gasteiger partial charge on any atom is 0.237 e. The molecule has 3 heterocycles. The second kappa shape index (κ2) is 7.98. The van der Waals surface area contributed by atoms with Gasteiger partial charge < -0.3 is 4.90 Å². The SMILES string of the molecule is C=CCn1c(SCC(=O)N2c3ccccc3CC2C)nnc1-c1cccnc1. The number of anilines is 1. The van der Waals surface area contributed by atoms with Gasteiger partial charge >= 0.3 is 0 Å². The Bertz CT molecular complexity index is 1000. The lowest BCUT2D eigenvalue weighted by Crippen LogP contribution is -2.37. The van der Waals surface area contributed by atoms with E-state index in [0.717, 1.165) is 23.5 Å². The number of hydrogen-bond donors (Lipinski definition) is 0. The Morgan fingerprint density at radius 3 is 2.93 bits per heavy atom. The minimum atomic E-state index is 0.0820. The van der Waals surface area contributed by atoms with Gasteiger partial charge in [0.15, 0.2) is 11.0 Å². The van der Waals surface area contributed by atoms with Gasteiger partial charge in [-0.25, -0.2) is 0 Å². The number of allylic oxidation sites excluding steroid dienone is 1. The number of rotatable bonds is 6. The molecule has 1 amide bonds. The Kier molecular flexibility index (Phi) is 5.25. The number of carbonyl (C=O) groups excluding carboxylic acids is 1. The molecule has 1 unspecified atom stereocenters. The van der Waals surface area contributed by atoms with Crippen molar-refractivity contribution in [3.05, 3.63) is 67.0 Å². The summed E-state index contributed by atoms with van der Waals surface area (Å²) in [6.45, 7) is 6.48. The molecule has 1 aliphatic heterocycles. The largest absolute Gasteiger partial charge is 0.308 e. The van der Waals surface area contributed by atoms with Gasteiger partial charge in [-0.15, -0.1) is 16.8 Å². The molecule has 0 saturated carbocycles. The first-order chi connectivity index (χ1) is 13.7. The van der Waals surface area contributed by atoms with E-state index >= 15 is 0 Å². The summed E-state index contributed by atoms with van der Waals surface area (Å²) in [6.07, 6.45) is 6.17. The third-order valence-corrected chi connectivity index (χ3v) is 5.70. The highest BCUT2D eigenvalue weighted by Crippen LogP contribution is 2.33. The first-order valence-electron chi connectivity index (χ1n) is 9.16. The number of amides is 1. The molecule has 0 saturated heterocycles. The van der Waals surface area contributed by atoms with E-state index in [2.05, 4.69) is 34.8 Å². The standard InChI is InChI=1S/C21H21N5OS/c1-3-11-25-20(17-8-6-10-22-13-17)23-24-21(25)28-14-19(27)26-15(2)12-16-7-4-5-9-18(16)26/h3-10,13,15H,1,11-12,14H2,2H3. The van der Waals surface area contributed by atoms with Crippen LogP contribution in [0.5, 0.6) is 0 Å². The number of fused-ring (bicyclic) bond motifs is 1. The van der Waals surface area contributed by atoms with Gasteiger partial charge in [0, 0.05) is 36.2 Å². The fraction of sp³-hybridized carbons (Fsp3) is 0.238. The highest BCUT2D eigenvalue weighted by molar-refractivity contribution is 7.99. The Labute approximate surface area is 168 Å². The van der Waals surface area contributed by atoms with Crippen LogP contribution in [0.4, 0.5) is 5.69 Å². The molecule has 0 fully saturated rings. The van der Waals surface area contributed by atoms with Crippen LogP contribution in [0, 0.1) is 0 Å². The van der Waals surface area contributed by atoms with Crippen molar-refractivity contribution >= 4 is 23.4 Å². The molecule has 142 valence electrons. The van der Waals surface area contributed by atoms with Crippen molar-refractivity contribution in [1.29, 1.82) is 0 Å². The van der Waals surface area contributed by atoms with Crippen LogP contribution in [0.1, 0.15) is 12.5 Å². The van der Waals surface area contributed by atoms with Gasteiger partial charge in [-0.1, -0.05) is 36.0 Å². The Balaban J connectivity index is 1.53. The lowest BCUT2D eigenvalue weighted by Gasteiger charge is -2.22. The number of carbonyl (C=O) groups is 1. The second-order valence-corrected chi connectivity index (χ2v) is 7.62. The van der Waals surface area contributed by atoms with E-state index in [1.807, 2.05) is 39.8 Å². The molecule has 1 atom stereocenters. The summed E-state index contributed by atoms with van der Waals surface area (Å²) in [7, 11) is 0. The van der Waals surface area contributed by atoms with Crippen LogP contribution in [0.2, 0.25) is 0 Å². The molecule has 0 spiro atoms. The molecular formula is C21H21N5OS. The third-order valence-electron chi connectivity index (χ3n) is 4.75. The number of nitrogens with zero attached hydrogens (tertiary/aromatic N) is 5. The lowest BCUT2D eigenvalue weighted by molar-refractivity contribution is -0.116. The molecule has 1 aliphatic rings. The summed E-state index contributed by atoms with van der Waals surface area (Å²) in [6, 6.07) is 12.1. The van der Waals surface area contributed by atoms with E-state index in [1.165, 1.54) is 17.3 Å². The molecular weight excluding hydrogens is 370 g/mol. The number of thioether (sulfide) groups is 1. The summed E-state index contributed by atoms with van der Waals surface area (Å²) >= 11 is 1.40. The van der Waals surface area contributed by atoms with E-state index in [0.29, 0.717) is 17.5 Å². The first kappa shape index (κ1) is 18.4. The van der Waals surface area contributed by atoms with Crippen molar-refractivity contribution < 1.29 is 4.79 Å². The molecule has 0 radical (unpaired) electrons. The number of pyridine rings is 1. The van der Waals surface area contributed by atoms with Crippen molar-refractivity contribution in [3.63, 3.8) is 0 Å². The van der Waals surface area contributed by atoms with Crippen LogP contribution < -0.4 is 4.90 Å². The van der Waals surface area contributed by atoms with Crippen molar-refractivity contribution in [2.75, 3.05) is 10.7 Å². The van der Waals surface area contributed by atoms with Gasteiger partial charge in [-0.2, -0.15) is 0 Å². The zero-order valence-corrected chi connectivity index (χ0v) is 16.5. The number of hydrogen-bond acceptors (Lipinski definition) is 5. The predicted octanol–water partition coefficient (Wildman–Crippen LogP) is 3.60. The Morgan fingerprint density at radius 2 is 2.14 bits per heavy atom. The van der Waals surface area contributed by atoms with Crippen molar-refractivity contribution in [2.45, 2.75) is 31.1 Å². The maximum absolute atomic E-state index is 13.0. The molecule has 4 rings (SSSR count). The van der Waals surface area contributed by atoms with E-state index in [4.69, 9.17) is 0 Å². The monoisotopic (exact) mass is 391 g/mol. The summed E-state index contributed by atoms with van der Waals surface area (Å²) in [4.78, 5) is 19.0. The van der Waals surface area contributed by atoms with Crippen LogP contribution in [0.3, 0.4) is 0 Å².